The number of hydrogen-bond acceptors (Lipinski definition) is 5. The van der Waals surface area contributed by atoms with Crippen LogP contribution in [-0.2, 0) is 16.1 Å². The van der Waals surface area contributed by atoms with E-state index in [1.165, 1.54) is 25.3 Å². The van der Waals surface area contributed by atoms with Crippen molar-refractivity contribution in [3.05, 3.63) is 64.4 Å². The van der Waals surface area contributed by atoms with Gasteiger partial charge in [-0.1, -0.05) is 23.7 Å². The fourth-order valence-electron chi connectivity index (χ4n) is 4.12. The van der Waals surface area contributed by atoms with E-state index >= 15 is 0 Å². The monoisotopic (exact) mass is 445 g/mol. The summed E-state index contributed by atoms with van der Waals surface area (Å²) in [5, 5.41) is 0.425. The van der Waals surface area contributed by atoms with Gasteiger partial charge in [0.15, 0.2) is 0 Å². The predicted octanol–water partition coefficient (Wildman–Crippen LogP) is 3.19. The zero-order chi connectivity index (χ0) is 22.0. The molecule has 6 nitrogen and oxygen atoms in total. The van der Waals surface area contributed by atoms with Crippen molar-refractivity contribution in [3.63, 3.8) is 0 Å². The van der Waals surface area contributed by atoms with Gasteiger partial charge in [-0.05, 0) is 35.9 Å². The quantitative estimate of drug-likeness (QED) is 0.565. The largest absolute Gasteiger partial charge is 0.495 e. The van der Waals surface area contributed by atoms with Crippen molar-refractivity contribution < 1.29 is 18.7 Å². The molecular formula is C23H25ClFN3O3. The van der Waals surface area contributed by atoms with Crippen LogP contribution in [0.1, 0.15) is 11.1 Å². The average molecular weight is 446 g/mol. The van der Waals surface area contributed by atoms with Gasteiger partial charge in [0.25, 0.3) is 0 Å². The van der Waals surface area contributed by atoms with Gasteiger partial charge in [0.2, 0.25) is 5.91 Å². The van der Waals surface area contributed by atoms with E-state index in [-0.39, 0.29) is 23.8 Å². The Morgan fingerprint density at radius 2 is 1.94 bits per heavy atom. The highest BCUT2D eigenvalue weighted by Crippen LogP contribution is 2.30. The first-order valence-corrected chi connectivity index (χ1v) is 10.5. The van der Waals surface area contributed by atoms with Crippen molar-refractivity contribution in [3.8, 4) is 5.75 Å². The summed E-state index contributed by atoms with van der Waals surface area (Å²) >= 11 is 6.08. The molecule has 2 aliphatic rings. The first-order chi connectivity index (χ1) is 14.9. The highest BCUT2D eigenvalue weighted by molar-refractivity contribution is 6.32. The molecule has 31 heavy (non-hydrogen) atoms. The highest BCUT2D eigenvalue weighted by atomic mass is 35.5. The van der Waals surface area contributed by atoms with Crippen molar-refractivity contribution in [2.24, 2.45) is 0 Å². The number of hydrogen-bond donors (Lipinski definition) is 1. The van der Waals surface area contributed by atoms with Crippen LogP contribution in [0.5, 0.6) is 5.75 Å². The predicted molar refractivity (Wildman–Crippen MR) is 118 cm³/mol. The van der Waals surface area contributed by atoms with Gasteiger partial charge in [-0.2, -0.15) is 0 Å². The Balaban J connectivity index is 1.44. The molecule has 2 aliphatic heterocycles. The molecule has 2 heterocycles. The Labute approximate surface area is 186 Å². The Morgan fingerprint density at radius 1 is 1.26 bits per heavy atom. The van der Waals surface area contributed by atoms with Crippen LogP contribution >= 0.6 is 11.6 Å². The van der Waals surface area contributed by atoms with Crippen LogP contribution in [0.4, 0.5) is 10.1 Å². The molecule has 2 fully saturated rings. The van der Waals surface area contributed by atoms with Crippen LogP contribution in [0.2, 0.25) is 5.02 Å². The van der Waals surface area contributed by atoms with Gasteiger partial charge < -0.3 is 20.1 Å². The van der Waals surface area contributed by atoms with E-state index in [9.17, 15) is 9.18 Å². The topological polar surface area (TPSA) is 68.0 Å². The number of fused-ring (bicyclic) bond motifs is 2. The smallest absolute Gasteiger partial charge is 0.246 e. The lowest BCUT2D eigenvalue weighted by atomic mass is 10.0. The third kappa shape index (κ3) is 4.84. The van der Waals surface area contributed by atoms with Gasteiger partial charge in [0, 0.05) is 37.0 Å². The van der Waals surface area contributed by atoms with Crippen LogP contribution in [0, 0.1) is 5.82 Å². The van der Waals surface area contributed by atoms with Gasteiger partial charge >= 0.3 is 0 Å². The molecule has 2 N–H and O–H groups in total. The Hall–Kier alpha value is -2.61. The molecule has 2 atom stereocenters. The zero-order valence-corrected chi connectivity index (χ0v) is 18.0. The Kier molecular flexibility index (Phi) is 6.46. The maximum Gasteiger partial charge on any atom is 0.246 e. The molecular weight excluding hydrogens is 421 g/mol. The summed E-state index contributed by atoms with van der Waals surface area (Å²) in [5.41, 5.74) is 8.22. The normalized spacial score (nSPS) is 21.5. The molecule has 164 valence electrons. The number of nitrogens with zero attached hydrogens (tertiary/aromatic N) is 2. The lowest BCUT2D eigenvalue weighted by Gasteiger charge is -2.49. The number of methoxy groups -OCH3 is 1. The summed E-state index contributed by atoms with van der Waals surface area (Å²) in [4.78, 5) is 17.1. The number of amides is 1. The number of carbonyl (C=O) groups excluding carboxylic acids is 1. The van der Waals surface area contributed by atoms with E-state index < -0.39 is 0 Å². The number of nitrogen functional groups attached to an aromatic ring is 1. The molecule has 0 radical (unpaired) electrons. The number of ether oxygens (including phenoxy) is 2. The molecule has 0 aromatic heterocycles. The minimum atomic E-state index is -0.242. The van der Waals surface area contributed by atoms with Crippen LogP contribution < -0.4 is 10.5 Å². The molecule has 2 unspecified atom stereocenters. The Morgan fingerprint density at radius 3 is 2.58 bits per heavy atom. The molecule has 2 aromatic carbocycles. The summed E-state index contributed by atoms with van der Waals surface area (Å²) in [5.74, 6) is 0.184. The maximum absolute atomic E-state index is 13.2. The minimum Gasteiger partial charge on any atom is -0.495 e. The summed E-state index contributed by atoms with van der Waals surface area (Å²) < 4.78 is 24.2. The van der Waals surface area contributed by atoms with Crippen molar-refractivity contribution in [1.82, 2.24) is 9.80 Å². The van der Waals surface area contributed by atoms with Gasteiger partial charge in [-0.25, -0.2) is 4.39 Å². The van der Waals surface area contributed by atoms with Crippen LogP contribution in [0.25, 0.3) is 6.08 Å². The van der Waals surface area contributed by atoms with Crippen LogP contribution in [0.3, 0.4) is 0 Å². The summed E-state index contributed by atoms with van der Waals surface area (Å²) in [6.07, 6.45) is 3.22. The summed E-state index contributed by atoms with van der Waals surface area (Å²) in [7, 11) is 1.53. The van der Waals surface area contributed by atoms with Crippen molar-refractivity contribution >= 4 is 29.3 Å². The first kappa shape index (κ1) is 21.6. The fourth-order valence-corrected chi connectivity index (χ4v) is 4.37. The maximum atomic E-state index is 13.2. The van der Waals surface area contributed by atoms with Crippen molar-refractivity contribution in [1.29, 1.82) is 0 Å². The van der Waals surface area contributed by atoms with Gasteiger partial charge in [0.1, 0.15) is 11.6 Å². The number of nitrogens with two attached hydrogens (primary N) is 1. The van der Waals surface area contributed by atoms with Gasteiger partial charge in [-0.15, -0.1) is 0 Å². The van der Waals surface area contributed by atoms with E-state index in [1.54, 1.807) is 30.3 Å². The van der Waals surface area contributed by atoms with Crippen molar-refractivity contribution in [2.45, 2.75) is 18.6 Å². The van der Waals surface area contributed by atoms with E-state index in [2.05, 4.69) is 4.90 Å². The van der Waals surface area contributed by atoms with Crippen LogP contribution in [0.15, 0.2) is 42.5 Å². The minimum absolute atomic E-state index is 0.0772. The lowest BCUT2D eigenvalue weighted by molar-refractivity contribution is -0.141. The number of benzene rings is 2. The number of rotatable bonds is 5. The van der Waals surface area contributed by atoms with E-state index in [1.807, 2.05) is 4.90 Å². The molecule has 2 bridgehead atoms. The highest BCUT2D eigenvalue weighted by Gasteiger charge is 2.39. The molecule has 0 spiro atoms. The van der Waals surface area contributed by atoms with Gasteiger partial charge in [-0.3, -0.25) is 9.69 Å². The number of anilines is 1. The first-order valence-electron chi connectivity index (χ1n) is 10.1. The molecule has 2 saturated heterocycles. The molecule has 8 heteroatoms. The van der Waals surface area contributed by atoms with E-state index in [0.29, 0.717) is 54.9 Å². The summed E-state index contributed by atoms with van der Waals surface area (Å²) in [6, 6.07) is 10.1. The molecule has 0 aliphatic carbocycles. The SMILES string of the molecule is COc1cc(/C=C/C(=O)N2CC3COCC(C2)N3Cc2ccc(F)cc2)c(N)cc1Cl. The zero-order valence-electron chi connectivity index (χ0n) is 17.3. The fraction of sp³-hybridized carbons (Fsp3) is 0.348. The second-order valence-corrected chi connectivity index (χ2v) is 8.24. The van der Waals surface area contributed by atoms with E-state index in [0.717, 1.165) is 5.56 Å². The van der Waals surface area contributed by atoms with Gasteiger partial charge in [0.05, 0.1) is 37.4 Å². The second kappa shape index (κ2) is 9.26. The standard InChI is InChI=1S/C23H25ClFN3O3/c1-30-22-8-16(21(26)9-20(22)24)4-7-23(29)27-11-18-13-31-14-19(12-27)28(18)10-15-2-5-17(25)6-3-15/h2-9,18-19H,10-14,26H2,1H3/b7-4+. The molecule has 2 aromatic rings. The summed E-state index contributed by atoms with van der Waals surface area (Å²) in [6.45, 7) is 2.97. The molecule has 4 rings (SSSR count). The number of halogens is 2. The molecule has 0 saturated carbocycles. The number of morpholine rings is 1. The third-order valence-corrected chi connectivity index (χ3v) is 6.07. The average Bonchev–Trinajstić information content (AvgIpc) is 2.74. The Bertz CT molecular complexity index is 969. The third-order valence-electron chi connectivity index (χ3n) is 5.77. The van der Waals surface area contributed by atoms with Crippen LogP contribution in [-0.4, -0.2) is 61.2 Å². The van der Waals surface area contributed by atoms with E-state index in [4.69, 9.17) is 26.8 Å². The molecule has 1 amide bonds. The number of piperazine rings is 1. The number of carbonyl (C=O) groups is 1. The second-order valence-electron chi connectivity index (χ2n) is 7.84. The lowest BCUT2D eigenvalue weighted by Crippen LogP contribution is -2.64. The van der Waals surface area contributed by atoms with Crippen molar-refractivity contribution in [2.75, 3.05) is 39.1 Å².